The Bertz CT molecular complexity index is 498. The summed E-state index contributed by atoms with van der Waals surface area (Å²) in [6.07, 6.45) is 7.86. The molecule has 114 valence electrons. The number of anilines is 1. The van der Waals surface area contributed by atoms with Crippen LogP contribution in [0, 0.1) is 0 Å². The largest absolute Gasteiger partial charge is 0.373 e. The maximum Gasteiger partial charge on any atom is 0.245 e. The first kappa shape index (κ1) is 14.4. The molecule has 1 saturated heterocycles. The molecule has 0 aliphatic carbocycles. The Labute approximate surface area is 127 Å². The zero-order valence-electron chi connectivity index (χ0n) is 13.0. The molecule has 2 heterocycles. The predicted molar refractivity (Wildman–Crippen MR) is 86.4 cm³/mol. The number of aryl methyl sites for hydroxylation is 1. The van der Waals surface area contributed by atoms with E-state index in [1.807, 2.05) is 6.07 Å². The lowest BCUT2D eigenvalue weighted by Gasteiger charge is -2.39. The molecule has 0 radical (unpaired) electrons. The van der Waals surface area contributed by atoms with Crippen molar-refractivity contribution in [3.63, 3.8) is 0 Å². The van der Waals surface area contributed by atoms with Crippen LogP contribution in [0.15, 0.2) is 24.3 Å². The first-order valence-corrected chi connectivity index (χ1v) is 8.44. The van der Waals surface area contributed by atoms with Crippen LogP contribution in [0.2, 0.25) is 0 Å². The monoisotopic (exact) mass is 286 g/mol. The number of amides is 1. The molecule has 1 amide bonds. The van der Waals surface area contributed by atoms with Gasteiger partial charge in [-0.3, -0.25) is 4.79 Å². The summed E-state index contributed by atoms with van der Waals surface area (Å²) in [5.41, 5.74) is 2.48. The highest BCUT2D eigenvalue weighted by molar-refractivity contribution is 5.86. The van der Waals surface area contributed by atoms with Crippen LogP contribution in [0.4, 0.5) is 5.69 Å². The molecular weight excluding hydrogens is 260 g/mol. The van der Waals surface area contributed by atoms with Gasteiger partial charge in [0.05, 0.1) is 0 Å². The van der Waals surface area contributed by atoms with Crippen molar-refractivity contribution in [2.75, 3.05) is 11.9 Å². The molecule has 2 aliphatic heterocycles. The van der Waals surface area contributed by atoms with Gasteiger partial charge in [0.1, 0.15) is 6.04 Å². The third kappa shape index (κ3) is 3.07. The maximum absolute atomic E-state index is 12.9. The van der Waals surface area contributed by atoms with Crippen LogP contribution in [0.1, 0.15) is 51.0 Å². The van der Waals surface area contributed by atoms with Gasteiger partial charge < -0.3 is 10.2 Å². The molecule has 0 bridgehead atoms. The zero-order valence-corrected chi connectivity index (χ0v) is 13.0. The quantitative estimate of drug-likeness (QED) is 0.921. The van der Waals surface area contributed by atoms with E-state index in [9.17, 15) is 4.79 Å². The van der Waals surface area contributed by atoms with Crippen molar-refractivity contribution < 1.29 is 4.79 Å². The normalized spacial score (nSPS) is 25.1. The summed E-state index contributed by atoms with van der Waals surface area (Å²) in [5.74, 6) is 0.322. The molecule has 1 aromatic carbocycles. The summed E-state index contributed by atoms with van der Waals surface area (Å²) in [4.78, 5) is 15.1. The fourth-order valence-electron chi connectivity index (χ4n) is 3.75. The first-order valence-electron chi connectivity index (χ1n) is 8.44. The molecular formula is C18H26N2O. The average molecular weight is 286 g/mol. The molecule has 2 atom stereocenters. The van der Waals surface area contributed by atoms with Gasteiger partial charge in [-0.1, -0.05) is 31.5 Å². The standard InChI is InChI=1S/C18H26N2O/c1-2-7-15-9-5-6-13-20(15)18(21)17-12-11-14-8-3-4-10-16(14)19-17/h3-4,8,10,15,17,19H,2,5-7,9,11-13H2,1H3. The number of fused-ring (bicyclic) bond motifs is 1. The minimum atomic E-state index is -0.0302. The van der Waals surface area contributed by atoms with Crippen LogP contribution < -0.4 is 5.32 Å². The molecule has 3 rings (SSSR count). The second kappa shape index (κ2) is 6.50. The van der Waals surface area contributed by atoms with Gasteiger partial charge in [-0.25, -0.2) is 0 Å². The van der Waals surface area contributed by atoms with Gasteiger partial charge in [0, 0.05) is 18.3 Å². The number of para-hydroxylation sites is 1. The molecule has 3 nitrogen and oxygen atoms in total. The Kier molecular flexibility index (Phi) is 4.47. The molecule has 1 fully saturated rings. The summed E-state index contributed by atoms with van der Waals surface area (Å²) in [6, 6.07) is 8.80. The molecule has 1 N–H and O–H groups in total. The molecule has 2 aliphatic rings. The summed E-state index contributed by atoms with van der Waals surface area (Å²) in [7, 11) is 0. The highest BCUT2D eigenvalue weighted by Gasteiger charge is 2.32. The second-order valence-corrected chi connectivity index (χ2v) is 6.36. The van der Waals surface area contributed by atoms with Crippen molar-refractivity contribution >= 4 is 11.6 Å². The number of piperidine rings is 1. The number of benzene rings is 1. The fraction of sp³-hybridized carbons (Fsp3) is 0.611. The fourth-order valence-corrected chi connectivity index (χ4v) is 3.75. The third-order valence-corrected chi connectivity index (χ3v) is 4.88. The van der Waals surface area contributed by atoms with Crippen LogP contribution in [-0.2, 0) is 11.2 Å². The summed E-state index contributed by atoms with van der Waals surface area (Å²) >= 11 is 0. The van der Waals surface area contributed by atoms with Gasteiger partial charge in [0.2, 0.25) is 5.91 Å². The van der Waals surface area contributed by atoms with Crippen molar-refractivity contribution in [1.29, 1.82) is 0 Å². The number of hydrogen-bond acceptors (Lipinski definition) is 2. The number of rotatable bonds is 3. The maximum atomic E-state index is 12.9. The van der Waals surface area contributed by atoms with E-state index in [0.717, 1.165) is 44.3 Å². The Morgan fingerprint density at radius 3 is 3.00 bits per heavy atom. The van der Waals surface area contributed by atoms with Crippen LogP contribution >= 0.6 is 0 Å². The molecule has 1 aromatic rings. The van der Waals surface area contributed by atoms with Gasteiger partial charge in [-0.05, 0) is 50.2 Å². The van der Waals surface area contributed by atoms with Gasteiger partial charge >= 0.3 is 0 Å². The van der Waals surface area contributed by atoms with Gasteiger partial charge in [0.25, 0.3) is 0 Å². The van der Waals surface area contributed by atoms with Crippen LogP contribution in [0.3, 0.4) is 0 Å². The van der Waals surface area contributed by atoms with Crippen LogP contribution in [0.5, 0.6) is 0 Å². The number of carbonyl (C=O) groups excluding carboxylic acids is 1. The molecule has 0 saturated carbocycles. The van der Waals surface area contributed by atoms with Crippen LogP contribution in [-0.4, -0.2) is 29.4 Å². The predicted octanol–water partition coefficient (Wildman–Crippen LogP) is 3.59. The van der Waals surface area contributed by atoms with Crippen molar-refractivity contribution in [3.8, 4) is 0 Å². The van der Waals surface area contributed by atoms with Gasteiger partial charge in [0.15, 0.2) is 0 Å². The van der Waals surface area contributed by atoms with Gasteiger partial charge in [-0.15, -0.1) is 0 Å². The van der Waals surface area contributed by atoms with Crippen molar-refractivity contribution in [1.82, 2.24) is 4.90 Å². The first-order chi connectivity index (χ1) is 10.3. The number of carbonyl (C=O) groups is 1. The highest BCUT2D eigenvalue weighted by Crippen LogP contribution is 2.28. The number of nitrogens with zero attached hydrogens (tertiary/aromatic N) is 1. The number of hydrogen-bond donors (Lipinski definition) is 1. The van der Waals surface area contributed by atoms with E-state index in [1.54, 1.807) is 0 Å². The Hall–Kier alpha value is -1.51. The van der Waals surface area contributed by atoms with E-state index in [2.05, 4.69) is 35.3 Å². The highest BCUT2D eigenvalue weighted by atomic mass is 16.2. The van der Waals surface area contributed by atoms with E-state index >= 15 is 0 Å². The van der Waals surface area contributed by atoms with Crippen molar-refractivity contribution in [3.05, 3.63) is 29.8 Å². The average Bonchev–Trinajstić information content (AvgIpc) is 2.54. The van der Waals surface area contributed by atoms with E-state index in [0.29, 0.717) is 11.9 Å². The SMILES string of the molecule is CCCC1CCCCN1C(=O)C1CCc2ccccc2N1. The molecule has 0 spiro atoms. The van der Waals surface area contributed by atoms with Crippen molar-refractivity contribution in [2.24, 2.45) is 0 Å². The minimum absolute atomic E-state index is 0.0302. The third-order valence-electron chi connectivity index (χ3n) is 4.88. The van der Waals surface area contributed by atoms with E-state index in [4.69, 9.17) is 0 Å². The van der Waals surface area contributed by atoms with E-state index < -0.39 is 0 Å². The Morgan fingerprint density at radius 2 is 2.14 bits per heavy atom. The minimum Gasteiger partial charge on any atom is -0.373 e. The van der Waals surface area contributed by atoms with Crippen molar-refractivity contribution in [2.45, 2.75) is 64.0 Å². The van der Waals surface area contributed by atoms with E-state index in [1.165, 1.54) is 18.4 Å². The summed E-state index contributed by atoms with van der Waals surface area (Å²) < 4.78 is 0. The van der Waals surface area contributed by atoms with Crippen LogP contribution in [0.25, 0.3) is 0 Å². The molecule has 2 unspecified atom stereocenters. The zero-order chi connectivity index (χ0) is 14.7. The van der Waals surface area contributed by atoms with E-state index in [-0.39, 0.29) is 6.04 Å². The Balaban J connectivity index is 1.70. The lowest BCUT2D eigenvalue weighted by Crippen LogP contribution is -2.51. The topological polar surface area (TPSA) is 32.3 Å². The second-order valence-electron chi connectivity index (χ2n) is 6.36. The lowest BCUT2D eigenvalue weighted by molar-refractivity contribution is -0.136. The molecule has 3 heteroatoms. The molecule has 21 heavy (non-hydrogen) atoms. The number of likely N-dealkylation sites (tertiary alicyclic amines) is 1. The smallest absolute Gasteiger partial charge is 0.245 e. The Morgan fingerprint density at radius 1 is 1.29 bits per heavy atom. The molecule has 0 aromatic heterocycles. The van der Waals surface area contributed by atoms with Gasteiger partial charge in [-0.2, -0.15) is 0 Å². The summed E-state index contributed by atoms with van der Waals surface area (Å²) in [6.45, 7) is 3.16. The summed E-state index contributed by atoms with van der Waals surface area (Å²) in [5, 5.41) is 3.47. The lowest BCUT2D eigenvalue weighted by atomic mass is 9.94. The number of nitrogens with one attached hydrogen (secondary N) is 1.